The summed E-state index contributed by atoms with van der Waals surface area (Å²) in [5.74, 6) is -6.98. The van der Waals surface area contributed by atoms with Crippen LogP contribution in [0.5, 0.6) is 17.6 Å². The van der Waals surface area contributed by atoms with Gasteiger partial charge in [0.05, 0.1) is 31.4 Å². The number of fused-ring (bicyclic) bond motifs is 3. The minimum absolute atomic E-state index is 0.0306. The molecule has 1 aromatic heterocycles. The molecule has 210 valence electrons. The number of nitrogens with zero attached hydrogens (tertiary/aromatic N) is 3. The predicted octanol–water partition coefficient (Wildman–Crippen LogP) is 0.438. The Hall–Kier alpha value is -4.49. The Morgan fingerprint density at radius 3 is 2.42 bits per heavy atom. The van der Waals surface area contributed by atoms with Crippen LogP contribution in [0.1, 0.15) is 17.5 Å². The summed E-state index contributed by atoms with van der Waals surface area (Å²) < 4.78 is 10.5. The lowest BCUT2D eigenvalue weighted by molar-refractivity contribution is -0.153. The summed E-state index contributed by atoms with van der Waals surface area (Å²) >= 11 is 0. The van der Waals surface area contributed by atoms with Gasteiger partial charge in [-0.1, -0.05) is 6.07 Å². The van der Waals surface area contributed by atoms with Crippen LogP contribution < -0.4 is 15.2 Å². The quantitative estimate of drug-likeness (QED) is 0.320. The van der Waals surface area contributed by atoms with Crippen molar-refractivity contribution in [2.45, 2.75) is 24.5 Å². The Morgan fingerprint density at radius 2 is 1.82 bits per heavy atom. The number of aliphatic hydroxyl groups is 3. The van der Waals surface area contributed by atoms with Crippen molar-refractivity contribution >= 4 is 23.2 Å². The van der Waals surface area contributed by atoms with Gasteiger partial charge >= 0.3 is 6.01 Å². The average molecular weight is 553 g/mol. The number of phenolic OH excluding ortho intramolecular Hbond substituents is 1. The molecule has 1 saturated carbocycles. The summed E-state index contributed by atoms with van der Waals surface area (Å²) in [6.45, 7) is 0. The normalized spacial score (nSPS) is 25.9. The van der Waals surface area contributed by atoms with E-state index in [0.29, 0.717) is 16.7 Å². The number of ether oxygens (including phenoxy) is 2. The second-order valence-electron chi connectivity index (χ2n) is 10.2. The predicted molar refractivity (Wildman–Crippen MR) is 138 cm³/mol. The number of aromatic nitrogens is 2. The molecule has 40 heavy (non-hydrogen) atoms. The van der Waals surface area contributed by atoms with Gasteiger partial charge in [-0.05, 0) is 50.0 Å². The summed E-state index contributed by atoms with van der Waals surface area (Å²) in [5, 5.41) is 44.8. The lowest BCUT2D eigenvalue weighted by Gasteiger charge is -2.50. The highest BCUT2D eigenvalue weighted by molar-refractivity contribution is 6.24. The summed E-state index contributed by atoms with van der Waals surface area (Å²) in [6, 6.07) is 1.82. The lowest BCUT2D eigenvalue weighted by atomic mass is 9.57. The van der Waals surface area contributed by atoms with E-state index < -0.39 is 58.0 Å². The number of likely N-dealkylation sites (N-methyl/N-ethyl adjacent to an activating group) is 1. The van der Waals surface area contributed by atoms with Gasteiger partial charge in [0.2, 0.25) is 11.7 Å². The minimum Gasteiger partial charge on any atom is -0.508 e. The number of benzene rings is 1. The fourth-order valence-electron chi connectivity index (χ4n) is 6.29. The van der Waals surface area contributed by atoms with Crippen LogP contribution in [-0.2, 0) is 20.8 Å². The molecule has 1 heterocycles. The van der Waals surface area contributed by atoms with Crippen LogP contribution in [-0.4, -0.2) is 92.7 Å². The van der Waals surface area contributed by atoms with Gasteiger partial charge in [0.1, 0.15) is 22.8 Å². The molecule has 0 spiro atoms. The zero-order valence-electron chi connectivity index (χ0n) is 22.1. The van der Waals surface area contributed by atoms with Crippen LogP contribution in [0.2, 0.25) is 0 Å². The van der Waals surface area contributed by atoms with Gasteiger partial charge in [0.25, 0.3) is 5.91 Å². The van der Waals surface area contributed by atoms with Crippen molar-refractivity contribution in [2.75, 3.05) is 28.3 Å². The van der Waals surface area contributed by atoms with Gasteiger partial charge < -0.3 is 35.6 Å². The number of aliphatic hydroxyl groups excluding tert-OH is 2. The maximum Gasteiger partial charge on any atom is 0.319 e. The second kappa shape index (κ2) is 9.31. The number of rotatable bonds is 5. The van der Waals surface area contributed by atoms with Crippen molar-refractivity contribution in [3.05, 3.63) is 46.4 Å². The van der Waals surface area contributed by atoms with E-state index >= 15 is 0 Å². The molecule has 3 aliphatic rings. The van der Waals surface area contributed by atoms with Crippen LogP contribution in [0, 0.1) is 11.8 Å². The van der Waals surface area contributed by atoms with E-state index in [1.807, 2.05) is 0 Å². The number of phenols is 1. The molecule has 1 fully saturated rings. The molecule has 0 aliphatic heterocycles. The van der Waals surface area contributed by atoms with Crippen LogP contribution >= 0.6 is 0 Å². The molecule has 4 atom stereocenters. The minimum atomic E-state index is -2.70. The van der Waals surface area contributed by atoms with Crippen LogP contribution in [0.25, 0.3) is 16.9 Å². The van der Waals surface area contributed by atoms with Crippen LogP contribution in [0.15, 0.2) is 35.2 Å². The largest absolute Gasteiger partial charge is 0.508 e. The van der Waals surface area contributed by atoms with Crippen molar-refractivity contribution in [1.82, 2.24) is 14.9 Å². The number of carbonyl (C=O) groups is 3. The van der Waals surface area contributed by atoms with E-state index in [1.165, 1.54) is 31.4 Å². The first kappa shape index (κ1) is 27.1. The fourth-order valence-corrected chi connectivity index (χ4v) is 6.29. The van der Waals surface area contributed by atoms with Crippen molar-refractivity contribution in [2.24, 2.45) is 17.6 Å². The van der Waals surface area contributed by atoms with Crippen LogP contribution in [0.3, 0.4) is 0 Å². The molecule has 1 amide bonds. The molecule has 0 saturated heterocycles. The van der Waals surface area contributed by atoms with Crippen molar-refractivity contribution in [3.63, 3.8) is 0 Å². The van der Waals surface area contributed by atoms with E-state index in [-0.39, 0.29) is 41.6 Å². The number of nitrogens with two attached hydrogens (primary N) is 1. The SMILES string of the molecule is COc1ncc(-c2ccc(O)c3c2C[C@H]2C[C@H]4[C@@H](N(C)C)C(=O)C(C(N)=O)=C(O)[C@]4(O)C(=O)C2=C3O)c(OC)n1. The van der Waals surface area contributed by atoms with Crippen molar-refractivity contribution in [1.29, 1.82) is 0 Å². The van der Waals surface area contributed by atoms with Crippen molar-refractivity contribution < 1.29 is 44.3 Å². The van der Waals surface area contributed by atoms with Gasteiger partial charge in [-0.25, -0.2) is 4.98 Å². The van der Waals surface area contributed by atoms with E-state index in [2.05, 4.69) is 9.97 Å². The van der Waals surface area contributed by atoms with Crippen LogP contribution in [0.4, 0.5) is 0 Å². The molecule has 0 bridgehead atoms. The third-order valence-electron chi connectivity index (χ3n) is 8.00. The number of methoxy groups -OCH3 is 2. The number of carbonyl (C=O) groups excluding carboxylic acids is 3. The third-order valence-corrected chi connectivity index (χ3v) is 8.00. The van der Waals surface area contributed by atoms with Gasteiger partial charge in [-0.2, -0.15) is 4.98 Å². The lowest BCUT2D eigenvalue weighted by Crippen LogP contribution is -2.65. The summed E-state index contributed by atoms with van der Waals surface area (Å²) in [4.78, 5) is 49.1. The van der Waals surface area contributed by atoms with E-state index in [9.17, 15) is 34.8 Å². The van der Waals surface area contributed by atoms with Gasteiger partial charge in [-0.15, -0.1) is 0 Å². The van der Waals surface area contributed by atoms with Gasteiger partial charge in [-0.3, -0.25) is 19.3 Å². The monoisotopic (exact) mass is 552 g/mol. The topological polar surface area (TPSA) is 206 Å². The van der Waals surface area contributed by atoms with E-state index in [4.69, 9.17) is 15.2 Å². The number of hydrogen-bond acceptors (Lipinski definition) is 12. The maximum atomic E-state index is 13.9. The molecule has 0 radical (unpaired) electrons. The first-order chi connectivity index (χ1) is 18.9. The highest BCUT2D eigenvalue weighted by atomic mass is 16.5. The Balaban J connectivity index is 1.74. The number of primary amides is 1. The highest BCUT2D eigenvalue weighted by Crippen LogP contribution is 2.54. The first-order valence-corrected chi connectivity index (χ1v) is 12.3. The number of amides is 1. The first-order valence-electron chi connectivity index (χ1n) is 12.3. The Labute approximate surface area is 228 Å². The highest BCUT2D eigenvalue weighted by Gasteiger charge is 2.64. The van der Waals surface area contributed by atoms with E-state index in [1.54, 1.807) is 20.2 Å². The molecule has 6 N–H and O–H groups in total. The molecule has 5 rings (SSSR count). The average Bonchev–Trinajstić information content (AvgIpc) is 2.90. The number of Topliss-reactive ketones (excluding diaryl/α,β-unsaturated/α-hetero) is 2. The fraction of sp³-hybridized carbons (Fsp3) is 0.370. The molecule has 0 unspecified atom stereocenters. The molecular weight excluding hydrogens is 524 g/mol. The summed E-state index contributed by atoms with van der Waals surface area (Å²) in [6.07, 6.45) is 1.54. The Kier molecular flexibility index (Phi) is 6.31. The number of hydrogen-bond donors (Lipinski definition) is 5. The Morgan fingerprint density at radius 1 is 1.12 bits per heavy atom. The van der Waals surface area contributed by atoms with E-state index in [0.717, 1.165) is 0 Å². The van der Waals surface area contributed by atoms with Crippen molar-refractivity contribution in [3.8, 4) is 28.8 Å². The zero-order chi connectivity index (χ0) is 29.3. The molecule has 2 aromatic rings. The number of ketones is 2. The standard InChI is InChI=1S/C27H28N4O9/c1-31(2)19-14-8-10-7-12-11(13-9-29-26(40-4)30-25(13)39-3)5-6-15(32)17(12)20(33)16(10)22(35)27(14,38)23(36)18(21(19)34)24(28)37/h5-6,9-10,14,19,32-33,36,38H,7-8H2,1-4H3,(H2,28,37)/t10-,14-,19+,27+/m0/s1. The molecular formula is C27H28N4O9. The summed E-state index contributed by atoms with van der Waals surface area (Å²) in [5.41, 5.74) is 2.89. The zero-order valence-corrected chi connectivity index (χ0v) is 22.1. The number of aromatic hydroxyl groups is 1. The smallest absolute Gasteiger partial charge is 0.319 e. The Bertz CT molecular complexity index is 1550. The maximum absolute atomic E-state index is 13.9. The molecule has 13 nitrogen and oxygen atoms in total. The van der Waals surface area contributed by atoms with Gasteiger partial charge in [0, 0.05) is 17.7 Å². The summed E-state index contributed by atoms with van der Waals surface area (Å²) in [7, 11) is 5.90. The van der Waals surface area contributed by atoms with Gasteiger partial charge in [0.15, 0.2) is 11.4 Å². The third kappa shape index (κ3) is 3.58. The molecule has 1 aromatic carbocycles. The molecule has 3 aliphatic carbocycles. The molecule has 13 heteroatoms. The second-order valence-corrected chi connectivity index (χ2v) is 10.2.